The highest BCUT2D eigenvalue weighted by molar-refractivity contribution is 8.00. The van der Waals surface area contributed by atoms with Crippen LogP contribution in [-0.4, -0.2) is 258 Å². The van der Waals surface area contributed by atoms with E-state index in [0.29, 0.717) is 100 Å². The van der Waals surface area contributed by atoms with Gasteiger partial charge in [-0.25, -0.2) is 50.9 Å². The highest BCUT2D eigenvalue weighted by atomic mass is 32.2. The second-order valence-electron chi connectivity index (χ2n) is 31.2. The van der Waals surface area contributed by atoms with Gasteiger partial charge in [-0.1, -0.05) is 123 Å². The average Bonchev–Trinajstić information content (AvgIpc) is 0.759. The molecule has 0 unspecified atom stereocenters. The monoisotopic (exact) mass is 2000 g/mol. The largest absolute Gasteiger partial charge is 0.384 e. The molecule has 10 aromatic rings. The normalized spacial score (nSPS) is 15.6. The molecule has 0 atom stereocenters. The number of Topliss-reactive ketones (excluding diaryl/α,β-unsaturated/α-hetero) is 2. The number of nitrogens with one attached hydrogen (secondary N) is 5. The van der Waals surface area contributed by atoms with Crippen LogP contribution in [0.25, 0.3) is 0 Å². The lowest BCUT2D eigenvalue weighted by atomic mass is 10.1. The van der Waals surface area contributed by atoms with Crippen LogP contribution in [0.4, 0.5) is 37.2 Å². The lowest BCUT2D eigenvalue weighted by molar-refractivity contribution is -0.115. The van der Waals surface area contributed by atoms with Gasteiger partial charge in [0.05, 0.1) is 94.3 Å². The number of para-hydroxylation sites is 5. The van der Waals surface area contributed by atoms with Gasteiger partial charge in [0.25, 0.3) is 23.6 Å². The quantitative estimate of drug-likeness (QED) is 0.0248. The molecule has 5 aliphatic rings. The Hall–Kier alpha value is -11.9. The van der Waals surface area contributed by atoms with Crippen LogP contribution in [0, 0.1) is 18.6 Å². The molecule has 10 aromatic carbocycles. The first-order valence-corrected chi connectivity index (χ1v) is 52.1. The number of anilines is 5. The third kappa shape index (κ3) is 29.1. The van der Waals surface area contributed by atoms with Gasteiger partial charge in [-0.05, 0) is 181 Å². The van der Waals surface area contributed by atoms with Crippen LogP contribution in [0.5, 0.6) is 0 Å². The van der Waals surface area contributed by atoms with Gasteiger partial charge in [-0.3, -0.25) is 37.8 Å². The fourth-order valence-corrected chi connectivity index (χ4v) is 23.4. The predicted octanol–water partition coefficient (Wildman–Crippen LogP) is 11.2. The molecule has 0 saturated carbocycles. The molecule has 137 heavy (non-hydrogen) atoms. The first-order valence-electron chi connectivity index (χ1n) is 42.8. The Kier molecular flexibility index (Phi) is 38.7. The summed E-state index contributed by atoms with van der Waals surface area (Å²) in [4.78, 5) is 85.2. The fourth-order valence-electron chi connectivity index (χ4n) is 14.1. The molecule has 5 N–H and O–H groups in total. The first-order chi connectivity index (χ1) is 64.9. The molecule has 0 radical (unpaired) electrons. The van der Waals surface area contributed by atoms with E-state index in [1.54, 1.807) is 141 Å². The van der Waals surface area contributed by atoms with Crippen molar-refractivity contribution in [1.82, 2.24) is 21.5 Å². The van der Waals surface area contributed by atoms with Crippen LogP contribution in [0.3, 0.4) is 0 Å². The summed E-state index contributed by atoms with van der Waals surface area (Å²) in [7, 11) is -19.4. The van der Waals surface area contributed by atoms with Crippen molar-refractivity contribution in [2.45, 2.75) is 65.5 Å². The van der Waals surface area contributed by atoms with Crippen LogP contribution in [0.1, 0.15) is 100 Å². The molecule has 41 heteroatoms. The summed E-state index contributed by atoms with van der Waals surface area (Å²) in [6.45, 7) is 10.4. The van der Waals surface area contributed by atoms with Crippen LogP contribution in [0.2, 0.25) is 0 Å². The number of hydrogen-bond acceptors (Lipinski definition) is 23. The van der Waals surface area contributed by atoms with E-state index in [4.69, 9.17) is 23.7 Å². The van der Waals surface area contributed by atoms with Crippen LogP contribution in [-0.2, 0) is 101 Å². The van der Waals surface area contributed by atoms with Crippen molar-refractivity contribution in [2.75, 3.05) is 170 Å². The van der Waals surface area contributed by atoms with E-state index in [2.05, 4.69) is 32.5 Å². The number of hydrogen-bond donors (Lipinski definition) is 5. The topological polar surface area (TPSA) is 430 Å². The van der Waals surface area contributed by atoms with E-state index >= 15 is 0 Å². The summed E-state index contributed by atoms with van der Waals surface area (Å²) >= 11 is 0. The number of carbonyl (C=O) groups excluding carboxylic acids is 7. The average molecular weight is 2000 g/mol. The number of rotatable bonds is 26. The molecule has 730 valence electrons. The Bertz CT molecular complexity index is 6660. The van der Waals surface area contributed by atoms with Crippen molar-refractivity contribution in [3.63, 3.8) is 0 Å². The van der Waals surface area contributed by atoms with Gasteiger partial charge in [-0.15, -0.1) is 0 Å². The number of halogens is 2. The van der Waals surface area contributed by atoms with Gasteiger partial charge in [-0.2, -0.15) is 21.5 Å². The molecule has 5 fully saturated rings. The number of morpholine rings is 4. The highest BCUT2D eigenvalue weighted by Gasteiger charge is 2.36. The number of methoxy groups -OCH3 is 1. The van der Waals surface area contributed by atoms with E-state index in [0.717, 1.165) is 35.7 Å². The predicted molar refractivity (Wildman–Crippen MR) is 518 cm³/mol. The summed E-state index contributed by atoms with van der Waals surface area (Å²) in [6.07, 6.45) is 0.836. The molecule has 0 spiro atoms. The zero-order valence-corrected chi connectivity index (χ0v) is 79.7. The van der Waals surface area contributed by atoms with E-state index in [-0.39, 0.29) is 165 Å². The van der Waals surface area contributed by atoms with Gasteiger partial charge in [0, 0.05) is 117 Å². The summed E-state index contributed by atoms with van der Waals surface area (Å²) in [5.74, 6) is 0.685. The maximum Gasteiger partial charge on any atom is 0.255 e. The Morgan fingerprint density at radius 3 is 0.920 bits per heavy atom. The van der Waals surface area contributed by atoms with Crippen molar-refractivity contribution in [3.05, 3.63) is 298 Å². The van der Waals surface area contributed by atoms with Crippen molar-refractivity contribution in [1.29, 1.82) is 0 Å². The van der Waals surface area contributed by atoms with Crippen molar-refractivity contribution >= 4 is 135 Å². The van der Waals surface area contributed by atoms with Crippen molar-refractivity contribution < 1.29 is 112 Å². The molecule has 0 bridgehead atoms. The molecular weight excluding hydrogens is 1890 g/mol. The number of benzene rings is 10. The standard InChI is InChI=1S/C20H24N2O5S.C20H22N2O5S.C19H20N2O5S.C18H19FN2O4S2.C18H19FN2O4S.CH4/c1-26-13-10-16-6-8-17(9-7-16)20(23)21-18-4-2-3-5-19(18)28(24,25)22-11-14-27-15-12-22;1-15(23)17-8-6-16(7-9-17)14-20(24)21-18-4-2-3-5-19(18)28(25,26)22-10-12-27-13-11-22;1-14(22)15-6-8-16(9-7-15)19(23)20-17-4-2-3-5-18(17)27(24,25)21-10-12-26-13-11-21;1-26(23)12-10-21(11-13-26)27(24,25)17-5-3-2-4-16(17)20-18(22)14-6-8-15(19)9-7-14;1-13-6-7-14(12-15(13)19)18(22)20-16-4-2-3-5-17(16)26(23,24)21-8-10-25-11-9-21;/h2-9H,10-15H2,1H3,(H,21,23);2-9H,10-14H2,1H3,(H,21,24);2-9H,10-13H2,1H3,(H,20,23);2-9H,1,10-13H2,(H,20,22);2-7,12H,8-11H2,1H3,(H,20,22);1H4. The summed E-state index contributed by atoms with van der Waals surface area (Å²) in [6, 6.07) is 60.5. The Morgan fingerprint density at radius 2 is 0.613 bits per heavy atom. The Balaban J connectivity index is 0.000000177. The molecule has 0 aliphatic carbocycles. The molecule has 0 aromatic heterocycles. The van der Waals surface area contributed by atoms with Gasteiger partial charge in [0.2, 0.25) is 56.0 Å². The SMILES string of the molecule is C.C=S1(=O)CCN(S(=O)(=O)c2ccccc2NC(=O)c2ccc(F)cc2)CC1.CC(=O)c1ccc(C(=O)Nc2ccccc2S(=O)(=O)N2CCOCC2)cc1.CC(=O)c1ccc(CC(=O)Nc2ccccc2S(=O)(=O)N2CCOCC2)cc1.COCCc1ccc(C(=O)Nc2ccccc2S(=O)(=O)N2CCOCC2)cc1.Cc1ccc(C(=O)Nc2ccccc2S(=O)(=O)N2CCOCC2)cc1F. The minimum atomic E-state index is -3.87. The Labute approximate surface area is 797 Å². The second-order valence-corrected chi connectivity index (χ2v) is 43.4. The number of ether oxygens (including phenoxy) is 5. The van der Waals surface area contributed by atoms with E-state index in [1.165, 1.54) is 114 Å². The van der Waals surface area contributed by atoms with Gasteiger partial charge in [0.15, 0.2) is 11.6 Å². The minimum Gasteiger partial charge on any atom is -0.384 e. The maximum atomic E-state index is 13.7. The summed E-state index contributed by atoms with van der Waals surface area (Å²) in [5.41, 5.74) is 5.43. The van der Waals surface area contributed by atoms with E-state index in [1.807, 2.05) is 12.1 Å². The van der Waals surface area contributed by atoms with Crippen molar-refractivity contribution in [2.24, 2.45) is 0 Å². The van der Waals surface area contributed by atoms with Crippen molar-refractivity contribution in [3.8, 4) is 0 Å². The first kappa shape index (κ1) is 107. The fraction of sp³-hybridized carbons (Fsp3) is 0.292. The third-order valence-electron chi connectivity index (χ3n) is 21.7. The molecule has 5 saturated heterocycles. The second kappa shape index (κ2) is 49.4. The van der Waals surface area contributed by atoms with Gasteiger partial charge < -0.3 is 50.3 Å². The number of carbonyl (C=O) groups is 7. The third-order valence-corrected chi connectivity index (χ3v) is 33.4. The minimum absolute atomic E-state index is 0. The molecule has 5 heterocycles. The number of nitrogens with zero attached hydrogens (tertiary/aromatic N) is 5. The van der Waals surface area contributed by atoms with Crippen LogP contribution in [0.15, 0.2) is 261 Å². The molecular formula is C96H108F2N10O23S6. The number of aryl methyl sites for hydroxylation is 1. The highest BCUT2D eigenvalue weighted by Crippen LogP contribution is 2.33. The maximum absolute atomic E-state index is 13.7. The number of amides is 5. The number of ketones is 2. The zero-order chi connectivity index (χ0) is 98.0. The smallest absolute Gasteiger partial charge is 0.255 e. The molecule has 15 rings (SSSR count). The lowest BCUT2D eigenvalue weighted by Crippen LogP contribution is -2.43. The van der Waals surface area contributed by atoms with E-state index in [9.17, 15) is 88.6 Å². The molecule has 33 nitrogen and oxygen atoms in total. The van der Waals surface area contributed by atoms with Gasteiger partial charge in [0.1, 0.15) is 36.1 Å². The summed E-state index contributed by atoms with van der Waals surface area (Å²) in [5, 5.41) is 13.2. The Morgan fingerprint density at radius 1 is 0.358 bits per heavy atom. The summed E-state index contributed by atoms with van der Waals surface area (Å²) < 4.78 is 201. The van der Waals surface area contributed by atoms with Gasteiger partial charge >= 0.3 is 0 Å². The molecule has 5 amide bonds. The van der Waals surface area contributed by atoms with Crippen LogP contribution >= 0.6 is 0 Å². The van der Waals surface area contributed by atoms with E-state index < -0.39 is 89.0 Å². The zero-order valence-electron chi connectivity index (χ0n) is 74.8. The van der Waals surface area contributed by atoms with Crippen LogP contribution < -0.4 is 26.6 Å². The lowest BCUT2D eigenvalue weighted by Gasteiger charge is -2.28. The molecule has 5 aliphatic heterocycles. The number of sulfonamides is 5.